The number of carbonyl (C=O) groups excluding carboxylic acids is 2. The maximum absolute atomic E-state index is 11.0. The van der Waals surface area contributed by atoms with Crippen molar-refractivity contribution in [2.75, 3.05) is 0 Å². The fourth-order valence-corrected chi connectivity index (χ4v) is 0.927. The Balaban J connectivity index is 2.43. The Kier molecular flexibility index (Phi) is 1.30. The first-order chi connectivity index (χ1) is 5.77. The number of amides is 2. The van der Waals surface area contributed by atoms with Crippen LogP contribution in [0.3, 0.4) is 0 Å². The first-order valence-electron chi connectivity index (χ1n) is 3.24. The highest BCUT2D eigenvalue weighted by Crippen LogP contribution is 2.14. The van der Waals surface area contributed by atoms with E-state index < -0.39 is 11.8 Å². The van der Waals surface area contributed by atoms with Gasteiger partial charge >= 0.3 is 0 Å². The van der Waals surface area contributed by atoms with Gasteiger partial charge in [0.2, 0.25) is 5.89 Å². The second kappa shape index (κ2) is 2.30. The number of hydrogen-bond donors (Lipinski definition) is 1. The molecule has 1 N–H and O–H groups in total. The van der Waals surface area contributed by atoms with E-state index >= 15 is 0 Å². The third kappa shape index (κ3) is 0.914. The summed E-state index contributed by atoms with van der Waals surface area (Å²) in [6.07, 6.45) is 3.91. The molecule has 0 fully saturated rings. The first-order valence-corrected chi connectivity index (χ1v) is 3.24. The van der Waals surface area contributed by atoms with E-state index in [0.29, 0.717) is 0 Å². The molecule has 0 atom stereocenters. The molecule has 0 saturated heterocycles. The van der Waals surface area contributed by atoms with Crippen LogP contribution in [0.5, 0.6) is 0 Å². The van der Waals surface area contributed by atoms with E-state index in [0.717, 1.165) is 6.08 Å². The van der Waals surface area contributed by atoms with Gasteiger partial charge in [-0.3, -0.25) is 14.9 Å². The van der Waals surface area contributed by atoms with E-state index in [1.807, 2.05) is 0 Å². The summed E-state index contributed by atoms with van der Waals surface area (Å²) in [6.45, 7) is 0. The zero-order valence-corrected chi connectivity index (χ0v) is 5.90. The number of rotatable bonds is 1. The maximum atomic E-state index is 11.0. The van der Waals surface area contributed by atoms with Crippen molar-refractivity contribution in [3.63, 3.8) is 0 Å². The monoisotopic (exact) mass is 164 g/mol. The molecule has 0 radical (unpaired) electrons. The summed E-state index contributed by atoms with van der Waals surface area (Å²) in [6, 6.07) is 0. The Bertz CT molecular complexity index is 364. The van der Waals surface area contributed by atoms with Crippen molar-refractivity contribution in [3.05, 3.63) is 24.4 Å². The van der Waals surface area contributed by atoms with Crippen molar-refractivity contribution in [1.29, 1.82) is 0 Å². The second-order valence-corrected chi connectivity index (χ2v) is 2.21. The summed E-state index contributed by atoms with van der Waals surface area (Å²) < 4.78 is 4.84. The lowest BCUT2D eigenvalue weighted by Crippen LogP contribution is -2.21. The Labute approximate surface area is 67.1 Å². The number of imide groups is 1. The summed E-state index contributed by atoms with van der Waals surface area (Å²) in [5.74, 6) is -0.742. The Morgan fingerprint density at radius 3 is 2.75 bits per heavy atom. The highest BCUT2D eigenvalue weighted by atomic mass is 16.3. The summed E-state index contributed by atoms with van der Waals surface area (Å²) >= 11 is 0. The normalized spacial score (nSPS) is 16.2. The minimum atomic E-state index is -0.470. The van der Waals surface area contributed by atoms with Gasteiger partial charge in [0.25, 0.3) is 11.8 Å². The molecule has 5 heteroatoms. The fourth-order valence-electron chi connectivity index (χ4n) is 0.927. The van der Waals surface area contributed by atoms with E-state index in [9.17, 15) is 9.59 Å². The largest absolute Gasteiger partial charge is 0.444 e. The van der Waals surface area contributed by atoms with Crippen molar-refractivity contribution < 1.29 is 14.0 Å². The smallest absolute Gasteiger partial charge is 0.263 e. The molecule has 2 rings (SSSR count). The minimum Gasteiger partial charge on any atom is -0.444 e. The molecule has 1 aliphatic heterocycles. The number of nitrogens with zero attached hydrogens (tertiary/aromatic N) is 1. The molecule has 5 nitrogen and oxygen atoms in total. The van der Waals surface area contributed by atoms with Crippen LogP contribution in [-0.4, -0.2) is 16.8 Å². The lowest BCUT2D eigenvalue weighted by Gasteiger charge is -1.90. The molecule has 0 spiro atoms. The van der Waals surface area contributed by atoms with Crippen LogP contribution in [0.2, 0.25) is 0 Å². The zero-order valence-electron chi connectivity index (χ0n) is 5.90. The summed E-state index contributed by atoms with van der Waals surface area (Å²) in [5.41, 5.74) is 0.171. The van der Waals surface area contributed by atoms with Crippen molar-refractivity contribution >= 4 is 17.4 Å². The summed E-state index contributed by atoms with van der Waals surface area (Å²) in [4.78, 5) is 25.4. The van der Waals surface area contributed by atoms with E-state index in [4.69, 9.17) is 4.42 Å². The summed E-state index contributed by atoms with van der Waals surface area (Å²) in [5, 5.41) is 2.08. The lowest BCUT2D eigenvalue weighted by atomic mass is 10.3. The van der Waals surface area contributed by atoms with Crippen LogP contribution in [0, 0.1) is 0 Å². The number of aromatic nitrogens is 1. The molecule has 12 heavy (non-hydrogen) atoms. The molecule has 1 aromatic heterocycles. The van der Waals surface area contributed by atoms with Crippen LogP contribution in [0.1, 0.15) is 5.89 Å². The van der Waals surface area contributed by atoms with Gasteiger partial charge in [0.1, 0.15) is 11.8 Å². The average Bonchev–Trinajstić information content (AvgIpc) is 2.58. The predicted octanol–water partition coefficient (Wildman–Crippen LogP) is -0.286. The highest BCUT2D eigenvalue weighted by molar-refractivity contribution is 6.32. The van der Waals surface area contributed by atoms with Crippen molar-refractivity contribution in [1.82, 2.24) is 10.3 Å². The zero-order chi connectivity index (χ0) is 8.55. The molecular formula is C7H4N2O3. The van der Waals surface area contributed by atoms with Gasteiger partial charge in [-0.15, -0.1) is 0 Å². The standard InChI is InChI=1S/C7H4N2O3/c10-5-3-4(6(11)9-5)7-8-1-2-12-7/h1-3H,(H,9,10,11). The van der Waals surface area contributed by atoms with E-state index in [1.54, 1.807) is 0 Å². The van der Waals surface area contributed by atoms with Gasteiger partial charge in [0, 0.05) is 6.08 Å². The van der Waals surface area contributed by atoms with Gasteiger partial charge in [-0.2, -0.15) is 0 Å². The predicted molar refractivity (Wildman–Crippen MR) is 37.6 cm³/mol. The molecule has 60 valence electrons. The van der Waals surface area contributed by atoms with Gasteiger partial charge < -0.3 is 4.42 Å². The van der Waals surface area contributed by atoms with Crippen LogP contribution in [0.15, 0.2) is 23.0 Å². The Morgan fingerprint density at radius 2 is 2.25 bits per heavy atom. The van der Waals surface area contributed by atoms with Crippen LogP contribution >= 0.6 is 0 Å². The molecule has 0 aromatic carbocycles. The van der Waals surface area contributed by atoms with Gasteiger partial charge in [-0.05, 0) is 0 Å². The second-order valence-electron chi connectivity index (χ2n) is 2.21. The van der Waals surface area contributed by atoms with Gasteiger partial charge in [0.05, 0.1) is 6.20 Å². The van der Waals surface area contributed by atoms with Crippen LogP contribution in [0.4, 0.5) is 0 Å². The van der Waals surface area contributed by atoms with Crippen LogP contribution in [0.25, 0.3) is 5.57 Å². The van der Waals surface area contributed by atoms with E-state index in [1.165, 1.54) is 12.5 Å². The minimum absolute atomic E-state index is 0.165. The fraction of sp³-hybridized carbons (Fsp3) is 0. The van der Waals surface area contributed by atoms with E-state index in [-0.39, 0.29) is 11.5 Å². The lowest BCUT2D eigenvalue weighted by molar-refractivity contribution is -0.123. The molecule has 2 heterocycles. The quantitative estimate of drug-likeness (QED) is 0.579. The first kappa shape index (κ1) is 6.78. The maximum Gasteiger partial charge on any atom is 0.263 e. The number of carbonyl (C=O) groups is 2. The van der Waals surface area contributed by atoms with Crippen molar-refractivity contribution in [2.45, 2.75) is 0 Å². The molecule has 1 aromatic rings. The van der Waals surface area contributed by atoms with Gasteiger partial charge in [-0.25, -0.2) is 4.98 Å². The molecule has 0 aliphatic carbocycles. The third-order valence-electron chi connectivity index (χ3n) is 1.42. The van der Waals surface area contributed by atoms with Crippen LogP contribution in [-0.2, 0) is 9.59 Å². The number of nitrogens with one attached hydrogen (secondary N) is 1. The molecular weight excluding hydrogens is 160 g/mol. The molecule has 1 aliphatic rings. The van der Waals surface area contributed by atoms with Crippen molar-refractivity contribution in [2.24, 2.45) is 0 Å². The molecule has 0 bridgehead atoms. The van der Waals surface area contributed by atoms with Crippen molar-refractivity contribution in [3.8, 4) is 0 Å². The number of oxazole rings is 1. The highest BCUT2D eigenvalue weighted by Gasteiger charge is 2.24. The van der Waals surface area contributed by atoms with Crippen LogP contribution < -0.4 is 5.32 Å². The third-order valence-corrected chi connectivity index (χ3v) is 1.42. The average molecular weight is 164 g/mol. The Morgan fingerprint density at radius 1 is 1.42 bits per heavy atom. The topological polar surface area (TPSA) is 72.2 Å². The SMILES string of the molecule is O=C1C=C(c2ncco2)C(=O)N1. The molecule has 2 amide bonds. The molecule has 0 saturated carbocycles. The number of hydrogen-bond acceptors (Lipinski definition) is 4. The van der Waals surface area contributed by atoms with E-state index in [2.05, 4.69) is 10.3 Å². The Hall–Kier alpha value is -1.91. The summed E-state index contributed by atoms with van der Waals surface area (Å²) in [7, 11) is 0. The molecule has 0 unspecified atom stereocenters. The van der Waals surface area contributed by atoms with Gasteiger partial charge in [0.15, 0.2) is 0 Å². The van der Waals surface area contributed by atoms with Gasteiger partial charge in [-0.1, -0.05) is 0 Å².